The molecular formula is C18H23NOSiTi. The summed E-state index contributed by atoms with van der Waals surface area (Å²) in [6.07, 6.45) is 4.44. The van der Waals surface area contributed by atoms with Gasteiger partial charge in [0.25, 0.3) is 0 Å². The molecule has 4 heteroatoms. The number of rotatable bonds is 3. The van der Waals surface area contributed by atoms with Crippen molar-refractivity contribution in [1.29, 1.82) is 0 Å². The Bertz CT molecular complexity index is 697. The Labute approximate surface area is 140 Å². The monoisotopic (exact) mass is 345 g/mol. The van der Waals surface area contributed by atoms with Gasteiger partial charge in [0.15, 0.2) is 0 Å². The smallest absolute Gasteiger partial charge is 0.0149 e. The van der Waals surface area contributed by atoms with Crippen LogP contribution in [0.4, 0.5) is 0 Å². The molecule has 1 amide bonds. The molecule has 0 fully saturated rings. The van der Waals surface area contributed by atoms with Crippen LogP contribution >= 0.6 is 0 Å². The summed E-state index contributed by atoms with van der Waals surface area (Å²) in [7, 11) is 0. The fourth-order valence-corrected chi connectivity index (χ4v) is 6.82. The topological polar surface area (TPSA) is 29.1 Å². The second-order valence-corrected chi connectivity index (χ2v) is 12.7. The Hall–Kier alpha value is -1.42. The van der Waals surface area contributed by atoms with Gasteiger partial charge in [-0.25, -0.2) is 0 Å². The van der Waals surface area contributed by atoms with Gasteiger partial charge in [0.1, 0.15) is 0 Å². The number of carbonyl (C=O) groups is 1. The Balaban J connectivity index is 0.00000176. The molecule has 3 rings (SSSR count). The molecule has 0 aliphatic heterocycles. The number of nitrogens with one attached hydrogen (secondary N) is 1. The second-order valence-electron chi connectivity index (χ2n) is 6.01. The maximum absolute atomic E-state index is 12.4. The second kappa shape index (κ2) is 6.78. The quantitative estimate of drug-likeness (QED) is 0.852. The Morgan fingerprint density at radius 3 is 2.36 bits per heavy atom. The van der Waals surface area contributed by atoms with E-state index in [2.05, 4.69) is 50.7 Å². The van der Waals surface area contributed by atoms with Crippen molar-refractivity contribution in [2.75, 3.05) is 0 Å². The van der Waals surface area contributed by atoms with Crippen molar-refractivity contribution >= 4 is 22.9 Å². The van der Waals surface area contributed by atoms with E-state index in [0.29, 0.717) is 4.22 Å². The number of hydrogen-bond donors (Lipinski definition) is 1. The molecule has 114 valence electrons. The first kappa shape index (κ1) is 16.9. The minimum Gasteiger partial charge on any atom is -0.0149 e. The van der Waals surface area contributed by atoms with E-state index < -0.39 is 16.8 Å². The van der Waals surface area contributed by atoms with Gasteiger partial charge in [-0.1, -0.05) is 0 Å². The van der Waals surface area contributed by atoms with Gasteiger partial charge in [-0.15, -0.1) is 0 Å². The van der Waals surface area contributed by atoms with E-state index in [-0.39, 0.29) is 16.9 Å². The third kappa shape index (κ3) is 3.32. The van der Waals surface area contributed by atoms with E-state index in [4.69, 9.17) is 0 Å². The van der Waals surface area contributed by atoms with Gasteiger partial charge in [-0.05, 0) is 11.0 Å². The first-order valence-electron chi connectivity index (χ1n) is 7.22. The van der Waals surface area contributed by atoms with E-state index in [0.717, 1.165) is 5.56 Å². The number of carbonyl (C=O) groups excluding carboxylic acids is 1. The number of fused-ring (bicyclic) bond motifs is 1. The SMILES string of the molecule is [CH3][Ti]([CH3])([NH]C(=O)c1ccccc1)[CH]1C=Cc2ccccc21.[SiH4]. The molecular weight excluding hydrogens is 322 g/mol. The summed E-state index contributed by atoms with van der Waals surface area (Å²) < 4.78 is 3.74. The molecule has 0 radical (unpaired) electrons. The van der Waals surface area contributed by atoms with Gasteiger partial charge in [-0.3, -0.25) is 0 Å². The minimum absolute atomic E-state index is 0. The van der Waals surface area contributed by atoms with Crippen molar-refractivity contribution in [2.24, 2.45) is 0 Å². The van der Waals surface area contributed by atoms with Crippen LogP contribution < -0.4 is 3.80 Å². The Kier molecular flexibility index (Phi) is 5.22. The zero-order valence-corrected chi connectivity index (χ0v) is 13.9. The van der Waals surface area contributed by atoms with Crippen LogP contribution in [-0.4, -0.2) is 16.9 Å². The molecule has 1 unspecified atom stereocenters. The third-order valence-electron chi connectivity index (χ3n) is 4.05. The summed E-state index contributed by atoms with van der Waals surface area (Å²) in [5.74, 6) is 0.0541. The van der Waals surface area contributed by atoms with Gasteiger partial charge < -0.3 is 0 Å². The average Bonchev–Trinajstić information content (AvgIpc) is 2.92. The molecule has 2 aromatic carbocycles. The zero-order valence-electron chi connectivity index (χ0n) is 12.3. The predicted molar refractivity (Wildman–Crippen MR) is 95.2 cm³/mol. The molecule has 1 aliphatic carbocycles. The first-order chi connectivity index (χ1) is 10.1. The number of hydrogen-bond acceptors (Lipinski definition) is 1. The van der Waals surface area contributed by atoms with E-state index in [1.165, 1.54) is 11.1 Å². The molecule has 2 nitrogen and oxygen atoms in total. The van der Waals surface area contributed by atoms with Crippen LogP contribution in [0.15, 0.2) is 60.7 Å². The van der Waals surface area contributed by atoms with E-state index in [1.807, 2.05) is 30.3 Å². The van der Waals surface area contributed by atoms with E-state index in [9.17, 15) is 4.79 Å². The van der Waals surface area contributed by atoms with Crippen molar-refractivity contribution in [1.82, 2.24) is 3.80 Å². The van der Waals surface area contributed by atoms with E-state index in [1.54, 1.807) is 0 Å². The maximum atomic E-state index is 12.4. The molecule has 1 atom stereocenters. The predicted octanol–water partition coefficient (Wildman–Crippen LogP) is 2.90. The first-order valence-corrected chi connectivity index (χ1v) is 12.0. The number of benzene rings is 2. The van der Waals surface area contributed by atoms with Crippen LogP contribution in [-0.2, 0) is 16.8 Å². The summed E-state index contributed by atoms with van der Waals surface area (Å²) in [4.78, 5) is 12.4. The van der Waals surface area contributed by atoms with Crippen LogP contribution in [0.5, 0.6) is 0 Å². The van der Waals surface area contributed by atoms with Crippen molar-refractivity contribution in [3.63, 3.8) is 0 Å². The van der Waals surface area contributed by atoms with Crippen LogP contribution in [0.25, 0.3) is 6.08 Å². The minimum atomic E-state index is -2.52. The van der Waals surface area contributed by atoms with Crippen molar-refractivity contribution in [2.45, 2.75) is 14.7 Å². The largest absolute Gasteiger partial charge is 0.0149 e. The van der Waals surface area contributed by atoms with Crippen LogP contribution in [0, 0.1) is 0 Å². The molecule has 2 aromatic rings. The average molecular weight is 345 g/mol. The molecule has 1 N–H and O–H groups in total. The van der Waals surface area contributed by atoms with Gasteiger partial charge in [0.2, 0.25) is 0 Å². The van der Waals surface area contributed by atoms with Gasteiger partial charge in [0.05, 0.1) is 0 Å². The molecule has 0 saturated carbocycles. The fourth-order valence-electron chi connectivity index (χ4n) is 2.91. The summed E-state index contributed by atoms with van der Waals surface area (Å²) in [6, 6.07) is 17.9. The van der Waals surface area contributed by atoms with Crippen molar-refractivity contribution in [3.05, 3.63) is 77.4 Å². The van der Waals surface area contributed by atoms with Crippen molar-refractivity contribution < 1.29 is 21.6 Å². The summed E-state index contributed by atoms with van der Waals surface area (Å²) in [5, 5.41) is 4.52. The molecule has 0 spiro atoms. The summed E-state index contributed by atoms with van der Waals surface area (Å²) in [5.41, 5.74) is 3.39. The third-order valence-corrected chi connectivity index (χ3v) is 8.62. The maximum Gasteiger partial charge on any atom is -0.0149 e. The number of allylic oxidation sites excluding steroid dienone is 1. The number of amides is 1. The van der Waals surface area contributed by atoms with Crippen LogP contribution in [0.3, 0.4) is 0 Å². The van der Waals surface area contributed by atoms with Gasteiger partial charge in [-0.2, -0.15) is 0 Å². The van der Waals surface area contributed by atoms with Gasteiger partial charge >= 0.3 is 129 Å². The summed E-state index contributed by atoms with van der Waals surface area (Å²) in [6.45, 7) is 0. The van der Waals surface area contributed by atoms with Crippen LogP contribution in [0.1, 0.15) is 25.7 Å². The zero-order chi connectivity index (χ0) is 14.9. The standard InChI is InChI=1S/C9H7.C7H7NO.2CH3.H4Si.Ti/c1-2-5-9-7-3-6-8(9)4-1;8-7(9)6-4-2-1-3-5-6;;;;/h1-7H;1-5H,(H2,8,9);2*1H3;1H4;/q;;;;;+1/p-1. The molecule has 0 heterocycles. The Morgan fingerprint density at radius 1 is 1.00 bits per heavy atom. The summed E-state index contributed by atoms with van der Waals surface area (Å²) >= 11 is -2.52. The van der Waals surface area contributed by atoms with Crippen molar-refractivity contribution in [3.8, 4) is 0 Å². The molecule has 0 bridgehead atoms. The fraction of sp³-hybridized carbons (Fsp3) is 0.167. The molecule has 0 saturated heterocycles. The Morgan fingerprint density at radius 2 is 1.64 bits per heavy atom. The molecule has 0 aromatic heterocycles. The normalized spacial score (nSPS) is 15.8. The van der Waals surface area contributed by atoms with Gasteiger partial charge in [0, 0.05) is 0 Å². The molecule has 22 heavy (non-hydrogen) atoms. The molecule has 1 aliphatic rings. The van der Waals surface area contributed by atoms with Crippen LogP contribution in [0.2, 0.25) is 10.5 Å². The van der Waals surface area contributed by atoms with E-state index >= 15 is 0 Å².